The molecule has 0 aliphatic rings. The molecule has 0 saturated carbocycles. The fraction of sp³-hybridized carbons (Fsp3) is 0.188. The Morgan fingerprint density at radius 2 is 1.70 bits per heavy atom. The molecule has 2 aromatic rings. The highest BCUT2D eigenvalue weighted by Crippen LogP contribution is 2.25. The number of benzene rings is 2. The maximum Gasteiger partial charge on any atom is 0.573 e. The van der Waals surface area contributed by atoms with Crippen molar-refractivity contribution in [2.45, 2.75) is 11.3 Å². The van der Waals surface area contributed by atoms with Crippen molar-refractivity contribution in [3.8, 4) is 5.75 Å². The van der Waals surface area contributed by atoms with Gasteiger partial charge in [0.25, 0.3) is 10.0 Å². The quantitative estimate of drug-likeness (QED) is 0.740. The summed E-state index contributed by atoms with van der Waals surface area (Å²) in [4.78, 5) is 11.2. The Hall–Kier alpha value is -2.79. The molecule has 7 nitrogen and oxygen atoms in total. The average molecular weight is 404 g/mol. The minimum absolute atomic E-state index is 0.154. The maximum atomic E-state index is 12.4. The first-order chi connectivity index (χ1) is 12.6. The van der Waals surface area contributed by atoms with Gasteiger partial charge in [0, 0.05) is 12.8 Å². The van der Waals surface area contributed by atoms with Crippen LogP contribution in [-0.2, 0) is 19.6 Å². The van der Waals surface area contributed by atoms with Crippen molar-refractivity contribution in [3.05, 3.63) is 48.5 Å². The third-order valence-electron chi connectivity index (χ3n) is 3.04. The second-order valence-electron chi connectivity index (χ2n) is 5.19. The number of sulfonamides is 1. The van der Waals surface area contributed by atoms with E-state index in [1.165, 1.54) is 25.3 Å². The number of halogens is 3. The van der Waals surface area contributed by atoms with Crippen LogP contribution in [0.5, 0.6) is 5.75 Å². The Bertz CT molecular complexity index is 899. The number of ether oxygens (including phenoxy) is 2. The lowest BCUT2D eigenvalue weighted by Crippen LogP contribution is -2.18. The summed E-state index contributed by atoms with van der Waals surface area (Å²) < 4.78 is 71.8. The number of amides is 1. The zero-order valence-corrected chi connectivity index (χ0v) is 14.7. The van der Waals surface area contributed by atoms with E-state index in [9.17, 15) is 26.4 Å². The Kier molecular flexibility index (Phi) is 6.28. The van der Waals surface area contributed by atoms with Gasteiger partial charge in [-0.2, -0.15) is 0 Å². The summed E-state index contributed by atoms with van der Waals surface area (Å²) in [5, 5.41) is 2.52. The molecule has 0 heterocycles. The van der Waals surface area contributed by atoms with E-state index in [-0.39, 0.29) is 17.2 Å². The lowest BCUT2D eigenvalue weighted by Gasteiger charge is -2.12. The third kappa shape index (κ3) is 6.46. The van der Waals surface area contributed by atoms with Crippen LogP contribution in [0.2, 0.25) is 0 Å². The van der Waals surface area contributed by atoms with E-state index in [2.05, 4.69) is 19.5 Å². The molecule has 0 saturated heterocycles. The van der Waals surface area contributed by atoms with Crippen LogP contribution in [0.3, 0.4) is 0 Å². The Morgan fingerprint density at radius 3 is 2.30 bits per heavy atom. The molecule has 0 atom stereocenters. The molecule has 0 aromatic heterocycles. The number of methoxy groups -OCH3 is 1. The Morgan fingerprint density at radius 1 is 1.07 bits per heavy atom. The lowest BCUT2D eigenvalue weighted by molar-refractivity contribution is -0.274. The second kappa shape index (κ2) is 8.27. The first-order valence-electron chi connectivity index (χ1n) is 7.36. The van der Waals surface area contributed by atoms with E-state index in [4.69, 9.17) is 0 Å². The monoisotopic (exact) mass is 404 g/mol. The highest BCUT2D eigenvalue weighted by molar-refractivity contribution is 7.92. The topological polar surface area (TPSA) is 93.7 Å². The standard InChI is InChI=1S/C16H15F3N2O5S/c1-25-10-15(22)20-11-3-2-4-12(9-11)21-27(23,24)14-7-5-13(6-8-14)26-16(17,18)19/h2-9,21H,10H2,1H3,(H,20,22). The van der Waals surface area contributed by atoms with E-state index < -0.39 is 28.0 Å². The van der Waals surface area contributed by atoms with Gasteiger partial charge in [-0.15, -0.1) is 13.2 Å². The number of hydrogen-bond donors (Lipinski definition) is 2. The normalized spacial score (nSPS) is 11.7. The van der Waals surface area contributed by atoms with Crippen LogP contribution in [0.1, 0.15) is 0 Å². The average Bonchev–Trinajstić information content (AvgIpc) is 2.54. The van der Waals surface area contributed by atoms with Gasteiger partial charge in [0.2, 0.25) is 5.91 Å². The minimum atomic E-state index is -4.87. The summed E-state index contributed by atoms with van der Waals surface area (Å²) in [7, 11) is -2.70. The van der Waals surface area contributed by atoms with Crippen LogP contribution < -0.4 is 14.8 Å². The highest BCUT2D eigenvalue weighted by atomic mass is 32.2. The zero-order valence-electron chi connectivity index (χ0n) is 13.9. The minimum Gasteiger partial charge on any atom is -0.406 e. The van der Waals surface area contributed by atoms with Crippen LogP contribution in [0, 0.1) is 0 Å². The lowest BCUT2D eigenvalue weighted by atomic mass is 10.3. The summed E-state index contributed by atoms with van der Waals surface area (Å²) in [5.41, 5.74) is 0.493. The number of hydrogen-bond acceptors (Lipinski definition) is 5. The molecule has 0 unspecified atom stereocenters. The third-order valence-corrected chi connectivity index (χ3v) is 4.44. The van der Waals surface area contributed by atoms with E-state index in [0.29, 0.717) is 5.69 Å². The van der Waals surface area contributed by atoms with Crippen molar-refractivity contribution >= 4 is 27.3 Å². The summed E-state index contributed by atoms with van der Waals surface area (Å²) in [6, 6.07) is 9.64. The fourth-order valence-corrected chi connectivity index (χ4v) is 3.07. The van der Waals surface area contributed by atoms with Crippen LogP contribution in [-0.4, -0.2) is 34.4 Å². The molecular weight excluding hydrogens is 389 g/mol. The summed E-state index contributed by atoms with van der Waals surface area (Å²) >= 11 is 0. The van der Waals surface area contributed by atoms with Gasteiger partial charge >= 0.3 is 6.36 Å². The van der Waals surface area contributed by atoms with Gasteiger partial charge in [-0.3, -0.25) is 9.52 Å². The predicted octanol–water partition coefficient (Wildman–Crippen LogP) is 2.97. The molecule has 0 fully saturated rings. The van der Waals surface area contributed by atoms with Gasteiger partial charge in [-0.05, 0) is 42.5 Å². The second-order valence-corrected chi connectivity index (χ2v) is 6.87. The molecule has 27 heavy (non-hydrogen) atoms. The maximum absolute atomic E-state index is 12.4. The molecule has 1 amide bonds. The molecule has 2 aromatic carbocycles. The SMILES string of the molecule is COCC(=O)Nc1cccc(NS(=O)(=O)c2ccc(OC(F)(F)F)cc2)c1. The number of carbonyl (C=O) groups excluding carboxylic acids is 1. The van der Waals surface area contributed by atoms with E-state index in [1.54, 1.807) is 6.07 Å². The summed E-state index contributed by atoms with van der Waals surface area (Å²) in [6.45, 7) is -0.164. The number of alkyl halides is 3. The molecule has 0 aliphatic heterocycles. The largest absolute Gasteiger partial charge is 0.573 e. The van der Waals surface area contributed by atoms with Crippen LogP contribution in [0.4, 0.5) is 24.5 Å². The molecule has 0 aliphatic carbocycles. The Balaban J connectivity index is 2.13. The van der Waals surface area contributed by atoms with Crippen molar-refractivity contribution in [1.82, 2.24) is 0 Å². The van der Waals surface area contributed by atoms with Crippen molar-refractivity contribution in [2.24, 2.45) is 0 Å². The number of nitrogens with one attached hydrogen (secondary N) is 2. The Labute approximate surface area is 153 Å². The zero-order chi connectivity index (χ0) is 20.1. The number of anilines is 2. The molecule has 0 spiro atoms. The van der Waals surface area contributed by atoms with Gasteiger partial charge in [-0.25, -0.2) is 8.42 Å². The molecule has 2 N–H and O–H groups in total. The first-order valence-corrected chi connectivity index (χ1v) is 8.85. The number of carbonyl (C=O) groups is 1. The molecule has 0 radical (unpaired) electrons. The summed E-state index contributed by atoms with van der Waals surface area (Å²) in [6.07, 6.45) is -4.87. The predicted molar refractivity (Wildman–Crippen MR) is 90.9 cm³/mol. The van der Waals surface area contributed by atoms with Crippen molar-refractivity contribution < 1.29 is 35.9 Å². The van der Waals surface area contributed by atoms with Crippen molar-refractivity contribution in [1.29, 1.82) is 0 Å². The van der Waals surface area contributed by atoms with Gasteiger partial charge in [-0.1, -0.05) is 6.07 Å². The molecular formula is C16H15F3N2O5S. The van der Waals surface area contributed by atoms with E-state index in [1.807, 2.05) is 0 Å². The number of rotatable bonds is 7. The van der Waals surface area contributed by atoms with E-state index >= 15 is 0 Å². The molecule has 11 heteroatoms. The molecule has 2 rings (SSSR count). The summed E-state index contributed by atoms with van der Waals surface area (Å²) in [5.74, 6) is -0.956. The fourth-order valence-electron chi connectivity index (χ4n) is 2.02. The highest BCUT2D eigenvalue weighted by Gasteiger charge is 2.31. The first kappa shape index (κ1) is 20.5. The molecule has 0 bridgehead atoms. The van der Waals surface area contributed by atoms with Gasteiger partial charge in [0.05, 0.1) is 10.6 Å². The van der Waals surface area contributed by atoms with E-state index in [0.717, 1.165) is 24.3 Å². The van der Waals surface area contributed by atoms with Gasteiger partial charge in [0.15, 0.2) is 0 Å². The van der Waals surface area contributed by atoms with Crippen LogP contribution >= 0.6 is 0 Å². The van der Waals surface area contributed by atoms with Crippen molar-refractivity contribution in [2.75, 3.05) is 23.8 Å². The van der Waals surface area contributed by atoms with Gasteiger partial charge in [0.1, 0.15) is 12.4 Å². The van der Waals surface area contributed by atoms with Crippen LogP contribution in [0.15, 0.2) is 53.4 Å². The van der Waals surface area contributed by atoms with Crippen LogP contribution in [0.25, 0.3) is 0 Å². The molecule has 146 valence electrons. The van der Waals surface area contributed by atoms with Crippen molar-refractivity contribution in [3.63, 3.8) is 0 Å². The van der Waals surface area contributed by atoms with Gasteiger partial charge < -0.3 is 14.8 Å². The smallest absolute Gasteiger partial charge is 0.406 e.